The van der Waals surface area contributed by atoms with Crippen LogP contribution in [0.3, 0.4) is 0 Å². The highest BCUT2D eigenvalue weighted by atomic mass is 16.5. The predicted octanol–water partition coefficient (Wildman–Crippen LogP) is 3.15. The molecule has 0 unspecified atom stereocenters. The van der Waals surface area contributed by atoms with Crippen molar-refractivity contribution in [1.82, 2.24) is 4.90 Å². The van der Waals surface area contributed by atoms with Crippen LogP contribution in [0.2, 0.25) is 0 Å². The van der Waals surface area contributed by atoms with Crippen LogP contribution in [0.5, 0.6) is 0 Å². The van der Waals surface area contributed by atoms with E-state index in [0.717, 1.165) is 5.56 Å². The fourth-order valence-electron chi connectivity index (χ4n) is 2.35. The highest BCUT2D eigenvalue weighted by molar-refractivity contribution is 5.91. The number of carbonyl (C=O) groups excluding carboxylic acids is 2. The third-order valence-electron chi connectivity index (χ3n) is 3.69. The van der Waals surface area contributed by atoms with Crippen molar-refractivity contribution >= 4 is 11.9 Å². The van der Waals surface area contributed by atoms with Gasteiger partial charge in [-0.25, -0.2) is 4.79 Å². The van der Waals surface area contributed by atoms with Crippen LogP contribution in [0.25, 0.3) is 0 Å². The highest BCUT2D eigenvalue weighted by Crippen LogP contribution is 2.10. The zero-order valence-corrected chi connectivity index (χ0v) is 14.3. The maximum Gasteiger partial charge on any atom is 0.338 e. The van der Waals surface area contributed by atoms with Crippen molar-refractivity contribution < 1.29 is 14.3 Å². The second kappa shape index (κ2) is 8.65. The minimum absolute atomic E-state index is 0.0201. The number of esters is 1. The van der Waals surface area contributed by atoms with Gasteiger partial charge in [0.2, 0.25) is 0 Å². The van der Waals surface area contributed by atoms with E-state index in [0.29, 0.717) is 12.1 Å². The molecule has 0 aliphatic carbocycles. The highest BCUT2D eigenvalue weighted by Gasteiger charge is 2.19. The molecule has 0 aliphatic heterocycles. The summed E-state index contributed by atoms with van der Waals surface area (Å²) in [4.78, 5) is 26.2. The van der Waals surface area contributed by atoms with Gasteiger partial charge < -0.3 is 9.64 Å². The van der Waals surface area contributed by atoms with Crippen LogP contribution in [0, 0.1) is 11.3 Å². The molecule has 0 radical (unpaired) electrons. The van der Waals surface area contributed by atoms with Crippen molar-refractivity contribution in [1.29, 1.82) is 5.26 Å². The lowest BCUT2D eigenvalue weighted by Gasteiger charge is -2.26. The number of carbonyl (C=O) groups is 2. The molecule has 0 aromatic heterocycles. The summed E-state index contributed by atoms with van der Waals surface area (Å²) in [6.45, 7) is 3.96. The second-order valence-electron chi connectivity index (χ2n) is 5.87. The smallest absolute Gasteiger partial charge is 0.338 e. The van der Waals surface area contributed by atoms with Crippen LogP contribution in [0.4, 0.5) is 0 Å². The molecule has 0 heterocycles. The van der Waals surface area contributed by atoms with Gasteiger partial charge in [-0.1, -0.05) is 36.4 Å². The molecule has 0 fully saturated rings. The summed E-state index contributed by atoms with van der Waals surface area (Å²) in [5, 5.41) is 8.87. The standard InChI is InChI=1S/C20H20N2O3/c1-15(2)22(13-16-7-4-3-5-8-16)19(23)14-25-20(24)18-10-6-9-17(11-18)12-21/h3-11,15H,13-14H2,1-2H3. The van der Waals surface area contributed by atoms with Crippen molar-refractivity contribution in [3.05, 3.63) is 71.3 Å². The van der Waals surface area contributed by atoms with Gasteiger partial charge in [-0.3, -0.25) is 4.79 Å². The van der Waals surface area contributed by atoms with E-state index in [-0.39, 0.29) is 24.1 Å². The van der Waals surface area contributed by atoms with Crippen LogP contribution >= 0.6 is 0 Å². The van der Waals surface area contributed by atoms with Crippen molar-refractivity contribution in [3.63, 3.8) is 0 Å². The molecule has 5 nitrogen and oxygen atoms in total. The first-order chi connectivity index (χ1) is 12.0. The molecule has 2 aromatic rings. The van der Waals surface area contributed by atoms with Gasteiger partial charge in [-0.2, -0.15) is 5.26 Å². The Bertz CT molecular complexity index is 779. The molecule has 128 valence electrons. The quantitative estimate of drug-likeness (QED) is 0.760. The zero-order valence-electron chi connectivity index (χ0n) is 14.3. The molecule has 0 N–H and O–H groups in total. The summed E-state index contributed by atoms with van der Waals surface area (Å²) in [6.07, 6.45) is 0. The van der Waals surface area contributed by atoms with E-state index in [2.05, 4.69) is 0 Å². The fraction of sp³-hybridized carbons (Fsp3) is 0.250. The maximum atomic E-state index is 12.4. The molecule has 25 heavy (non-hydrogen) atoms. The average molecular weight is 336 g/mol. The van der Waals surface area contributed by atoms with Gasteiger partial charge >= 0.3 is 5.97 Å². The number of ether oxygens (including phenoxy) is 1. The normalized spacial score (nSPS) is 10.2. The van der Waals surface area contributed by atoms with E-state index in [1.165, 1.54) is 6.07 Å². The number of hydrogen-bond donors (Lipinski definition) is 0. The van der Waals surface area contributed by atoms with Crippen LogP contribution in [-0.4, -0.2) is 29.4 Å². The van der Waals surface area contributed by atoms with Crippen LogP contribution in [0.1, 0.15) is 35.3 Å². The minimum atomic E-state index is -0.617. The minimum Gasteiger partial charge on any atom is -0.452 e. The largest absolute Gasteiger partial charge is 0.452 e. The van der Waals surface area contributed by atoms with Gasteiger partial charge in [0.1, 0.15) is 0 Å². The lowest BCUT2D eigenvalue weighted by Crippen LogP contribution is -2.39. The van der Waals surface area contributed by atoms with E-state index >= 15 is 0 Å². The van der Waals surface area contributed by atoms with Crippen LogP contribution < -0.4 is 0 Å². The second-order valence-corrected chi connectivity index (χ2v) is 5.87. The first-order valence-electron chi connectivity index (χ1n) is 8.02. The molecule has 0 aliphatic rings. The molecular formula is C20H20N2O3. The molecule has 0 atom stereocenters. The van der Waals surface area contributed by atoms with E-state index in [4.69, 9.17) is 10.00 Å². The molecule has 0 bridgehead atoms. The third-order valence-corrected chi connectivity index (χ3v) is 3.69. The zero-order chi connectivity index (χ0) is 18.2. The lowest BCUT2D eigenvalue weighted by atomic mass is 10.1. The number of nitriles is 1. The number of rotatable bonds is 6. The van der Waals surface area contributed by atoms with Gasteiger partial charge in [0.15, 0.2) is 6.61 Å². The Balaban J connectivity index is 1.98. The van der Waals surface area contributed by atoms with Crippen molar-refractivity contribution in [2.24, 2.45) is 0 Å². The summed E-state index contributed by atoms with van der Waals surface area (Å²) in [6, 6.07) is 17.8. The Morgan fingerprint density at radius 2 is 1.84 bits per heavy atom. The monoisotopic (exact) mass is 336 g/mol. The van der Waals surface area contributed by atoms with Crippen molar-refractivity contribution in [2.75, 3.05) is 6.61 Å². The Morgan fingerprint density at radius 1 is 1.12 bits per heavy atom. The van der Waals surface area contributed by atoms with E-state index in [1.54, 1.807) is 23.1 Å². The maximum absolute atomic E-state index is 12.4. The van der Waals surface area contributed by atoms with Gasteiger partial charge in [-0.15, -0.1) is 0 Å². The molecular weight excluding hydrogens is 316 g/mol. The van der Waals surface area contributed by atoms with Crippen molar-refractivity contribution in [2.45, 2.75) is 26.4 Å². The summed E-state index contributed by atoms with van der Waals surface area (Å²) in [7, 11) is 0. The SMILES string of the molecule is CC(C)N(Cc1ccccc1)C(=O)COC(=O)c1cccc(C#N)c1. The topological polar surface area (TPSA) is 70.4 Å². The lowest BCUT2D eigenvalue weighted by molar-refractivity contribution is -0.136. The molecule has 2 aromatic carbocycles. The van der Waals surface area contributed by atoms with Crippen LogP contribution in [0.15, 0.2) is 54.6 Å². The number of amides is 1. The summed E-state index contributed by atoms with van der Waals surface area (Å²) >= 11 is 0. The Labute approximate surface area is 147 Å². The molecule has 1 amide bonds. The summed E-state index contributed by atoms with van der Waals surface area (Å²) in [5.41, 5.74) is 1.64. The van der Waals surface area contributed by atoms with E-state index in [1.807, 2.05) is 50.2 Å². The van der Waals surface area contributed by atoms with Gasteiger partial charge in [-0.05, 0) is 37.6 Å². The number of benzene rings is 2. The Hall–Kier alpha value is -3.13. The first kappa shape index (κ1) is 18.2. The van der Waals surface area contributed by atoms with Crippen LogP contribution in [-0.2, 0) is 16.1 Å². The molecule has 0 saturated carbocycles. The molecule has 0 spiro atoms. The Morgan fingerprint density at radius 3 is 2.48 bits per heavy atom. The first-order valence-corrected chi connectivity index (χ1v) is 8.02. The molecule has 2 rings (SSSR count). The number of hydrogen-bond acceptors (Lipinski definition) is 4. The Kier molecular flexibility index (Phi) is 6.30. The van der Waals surface area contributed by atoms with Gasteiger partial charge in [0, 0.05) is 12.6 Å². The van der Waals surface area contributed by atoms with Gasteiger partial charge in [0.05, 0.1) is 17.2 Å². The molecule has 5 heteroatoms. The summed E-state index contributed by atoms with van der Waals surface area (Å²) in [5.74, 6) is -0.877. The molecule has 0 saturated heterocycles. The number of nitrogens with zero attached hydrogens (tertiary/aromatic N) is 2. The summed E-state index contributed by atoms with van der Waals surface area (Å²) < 4.78 is 5.12. The van der Waals surface area contributed by atoms with E-state index in [9.17, 15) is 9.59 Å². The predicted molar refractivity (Wildman–Crippen MR) is 93.6 cm³/mol. The average Bonchev–Trinajstić information content (AvgIpc) is 2.64. The van der Waals surface area contributed by atoms with Crippen molar-refractivity contribution in [3.8, 4) is 6.07 Å². The van der Waals surface area contributed by atoms with Gasteiger partial charge in [0.25, 0.3) is 5.91 Å². The third kappa shape index (κ3) is 5.18. The fourth-order valence-corrected chi connectivity index (χ4v) is 2.35. The van der Waals surface area contributed by atoms with E-state index < -0.39 is 5.97 Å².